The first-order valence-corrected chi connectivity index (χ1v) is 9.22. The van der Waals surface area contributed by atoms with Crippen LogP contribution in [0.2, 0.25) is 0 Å². The van der Waals surface area contributed by atoms with Crippen LogP contribution >= 0.6 is 47.8 Å². The Labute approximate surface area is 165 Å². The molecule has 2 aromatic rings. The van der Waals surface area contributed by atoms with Crippen LogP contribution in [0.15, 0.2) is 54.9 Å². The zero-order valence-corrected chi connectivity index (χ0v) is 17.4. The highest BCUT2D eigenvalue weighted by Gasteiger charge is 2.08. The smallest absolute Gasteiger partial charge is 0.259 e. The molecule has 0 aliphatic rings. The Balaban J connectivity index is 1.89. The summed E-state index contributed by atoms with van der Waals surface area (Å²) in [5.74, 6) is 0.479. The van der Waals surface area contributed by atoms with Crippen molar-refractivity contribution in [3.8, 4) is 5.75 Å². The van der Waals surface area contributed by atoms with Gasteiger partial charge in [0.25, 0.3) is 5.91 Å². The van der Waals surface area contributed by atoms with E-state index in [2.05, 4.69) is 63.6 Å². The van der Waals surface area contributed by atoms with E-state index >= 15 is 0 Å². The molecular formula is C16H14Br3N3O2. The van der Waals surface area contributed by atoms with E-state index in [-0.39, 0.29) is 12.5 Å². The highest BCUT2D eigenvalue weighted by Crippen LogP contribution is 2.34. The first-order valence-electron chi connectivity index (χ1n) is 6.84. The SMILES string of the molecule is COc1cccc(/C=N\NC(=O)CNc2c(Br)cc(Br)cc2Br)c1. The number of ether oxygens (including phenoxy) is 1. The van der Waals surface area contributed by atoms with E-state index in [1.54, 1.807) is 13.3 Å². The molecule has 0 aliphatic carbocycles. The van der Waals surface area contributed by atoms with Crippen molar-refractivity contribution in [3.05, 3.63) is 55.4 Å². The Morgan fingerprint density at radius 2 is 1.92 bits per heavy atom. The van der Waals surface area contributed by atoms with Crippen molar-refractivity contribution in [1.82, 2.24) is 5.43 Å². The number of amides is 1. The predicted molar refractivity (Wildman–Crippen MR) is 107 cm³/mol. The molecule has 0 fully saturated rings. The molecule has 8 heteroatoms. The Kier molecular flexibility index (Phi) is 7.26. The van der Waals surface area contributed by atoms with Gasteiger partial charge in [0.1, 0.15) is 5.75 Å². The number of methoxy groups -OCH3 is 1. The molecule has 0 unspecified atom stereocenters. The van der Waals surface area contributed by atoms with Crippen molar-refractivity contribution < 1.29 is 9.53 Å². The molecule has 0 saturated carbocycles. The molecule has 0 spiro atoms. The number of nitrogens with zero attached hydrogens (tertiary/aromatic N) is 1. The van der Waals surface area contributed by atoms with Crippen molar-refractivity contribution >= 4 is 65.6 Å². The molecule has 0 aliphatic heterocycles. The maximum atomic E-state index is 11.9. The van der Waals surface area contributed by atoms with Gasteiger partial charge < -0.3 is 10.1 Å². The Morgan fingerprint density at radius 1 is 1.21 bits per heavy atom. The Hall–Kier alpha value is -1.38. The van der Waals surface area contributed by atoms with Gasteiger partial charge in [0.15, 0.2) is 0 Å². The van der Waals surface area contributed by atoms with Crippen molar-refractivity contribution in [2.45, 2.75) is 0 Å². The Bertz CT molecular complexity index is 743. The molecule has 2 aromatic carbocycles. The lowest BCUT2D eigenvalue weighted by atomic mass is 10.2. The second-order valence-electron chi connectivity index (χ2n) is 4.67. The highest BCUT2D eigenvalue weighted by atomic mass is 79.9. The molecule has 24 heavy (non-hydrogen) atoms. The van der Waals surface area contributed by atoms with Crippen LogP contribution < -0.4 is 15.5 Å². The predicted octanol–water partition coefficient (Wildman–Crippen LogP) is 4.54. The molecule has 126 valence electrons. The highest BCUT2D eigenvalue weighted by molar-refractivity contribution is 9.11. The molecule has 2 N–H and O–H groups in total. The monoisotopic (exact) mass is 517 g/mol. The number of anilines is 1. The lowest BCUT2D eigenvalue weighted by Crippen LogP contribution is -2.26. The van der Waals surface area contributed by atoms with Crippen molar-refractivity contribution in [1.29, 1.82) is 0 Å². The van der Waals surface area contributed by atoms with E-state index in [1.165, 1.54) is 0 Å². The van der Waals surface area contributed by atoms with Crippen molar-refractivity contribution in [3.63, 3.8) is 0 Å². The molecule has 0 heterocycles. The summed E-state index contributed by atoms with van der Waals surface area (Å²) in [5.41, 5.74) is 4.11. The van der Waals surface area contributed by atoms with Gasteiger partial charge in [-0.2, -0.15) is 5.10 Å². The van der Waals surface area contributed by atoms with E-state index in [0.29, 0.717) is 0 Å². The maximum absolute atomic E-state index is 11.9. The third-order valence-corrected chi connectivity index (χ3v) is 4.64. The summed E-state index contributed by atoms with van der Waals surface area (Å²) in [6, 6.07) is 11.2. The maximum Gasteiger partial charge on any atom is 0.259 e. The Morgan fingerprint density at radius 3 is 2.58 bits per heavy atom. The number of hydrogen-bond donors (Lipinski definition) is 2. The van der Waals surface area contributed by atoms with Crippen LogP contribution in [0.1, 0.15) is 5.56 Å². The zero-order valence-electron chi connectivity index (χ0n) is 12.6. The lowest BCUT2D eigenvalue weighted by molar-refractivity contribution is -0.119. The van der Waals surface area contributed by atoms with E-state index in [9.17, 15) is 4.79 Å². The molecule has 2 rings (SSSR count). The third kappa shape index (κ3) is 5.61. The molecule has 0 atom stereocenters. The van der Waals surface area contributed by atoms with Crippen molar-refractivity contribution in [2.24, 2.45) is 5.10 Å². The quantitative estimate of drug-likeness (QED) is 0.435. The molecular weight excluding hydrogens is 506 g/mol. The number of rotatable bonds is 6. The summed E-state index contributed by atoms with van der Waals surface area (Å²) in [4.78, 5) is 11.9. The fourth-order valence-corrected chi connectivity index (χ4v) is 4.36. The van der Waals surface area contributed by atoms with Gasteiger partial charge in [-0.3, -0.25) is 4.79 Å². The van der Waals surface area contributed by atoms with Crippen LogP contribution in [-0.4, -0.2) is 25.8 Å². The number of carbonyl (C=O) groups is 1. The van der Waals surface area contributed by atoms with E-state index < -0.39 is 0 Å². The average molecular weight is 520 g/mol. The fourth-order valence-electron chi connectivity index (χ4n) is 1.82. The van der Waals surface area contributed by atoms with Gasteiger partial charge in [-0.1, -0.05) is 28.1 Å². The topological polar surface area (TPSA) is 62.7 Å². The third-order valence-electron chi connectivity index (χ3n) is 2.93. The van der Waals surface area contributed by atoms with Crippen LogP contribution in [0.5, 0.6) is 5.75 Å². The number of hydrogen-bond acceptors (Lipinski definition) is 4. The first kappa shape index (κ1) is 19.0. The van der Waals surface area contributed by atoms with Gasteiger partial charge in [-0.05, 0) is 61.7 Å². The zero-order chi connectivity index (χ0) is 17.5. The van der Waals surface area contributed by atoms with E-state index in [1.807, 2.05) is 36.4 Å². The molecule has 0 saturated heterocycles. The summed E-state index contributed by atoms with van der Waals surface area (Å²) in [6.45, 7) is 0.0916. The van der Waals surface area contributed by atoms with Gasteiger partial charge in [-0.15, -0.1) is 0 Å². The summed E-state index contributed by atoms with van der Waals surface area (Å²) in [5, 5.41) is 6.99. The van der Waals surface area contributed by atoms with Gasteiger partial charge in [0, 0.05) is 13.4 Å². The van der Waals surface area contributed by atoms with Gasteiger partial charge in [0.05, 0.1) is 25.6 Å². The average Bonchev–Trinajstić information content (AvgIpc) is 2.54. The van der Waals surface area contributed by atoms with Gasteiger partial charge in [-0.25, -0.2) is 5.43 Å². The normalized spacial score (nSPS) is 10.7. The number of benzene rings is 2. The van der Waals surface area contributed by atoms with E-state index in [0.717, 1.165) is 30.4 Å². The molecule has 5 nitrogen and oxygen atoms in total. The van der Waals surface area contributed by atoms with Crippen LogP contribution in [0.25, 0.3) is 0 Å². The summed E-state index contributed by atoms with van der Waals surface area (Å²) in [6.07, 6.45) is 1.56. The summed E-state index contributed by atoms with van der Waals surface area (Å²) in [7, 11) is 1.60. The molecule has 0 bridgehead atoms. The fraction of sp³-hybridized carbons (Fsp3) is 0.125. The minimum atomic E-state index is -0.254. The standard InChI is InChI=1S/C16H14Br3N3O2/c1-24-12-4-2-3-10(5-12)8-21-22-15(23)9-20-16-13(18)6-11(17)7-14(16)19/h2-8,20H,9H2,1H3,(H,22,23)/b21-8-. The first-order chi connectivity index (χ1) is 11.5. The lowest BCUT2D eigenvalue weighted by Gasteiger charge is -2.10. The largest absolute Gasteiger partial charge is 0.497 e. The van der Waals surface area contributed by atoms with E-state index in [4.69, 9.17) is 4.74 Å². The minimum absolute atomic E-state index is 0.0916. The minimum Gasteiger partial charge on any atom is -0.497 e. The number of carbonyl (C=O) groups excluding carboxylic acids is 1. The molecule has 0 aromatic heterocycles. The van der Waals surface area contributed by atoms with Crippen LogP contribution in [0.3, 0.4) is 0 Å². The number of hydrazone groups is 1. The van der Waals surface area contributed by atoms with Crippen LogP contribution in [0.4, 0.5) is 5.69 Å². The number of halogens is 3. The van der Waals surface area contributed by atoms with Gasteiger partial charge in [0.2, 0.25) is 0 Å². The van der Waals surface area contributed by atoms with Crippen LogP contribution in [0, 0.1) is 0 Å². The second-order valence-corrected chi connectivity index (χ2v) is 7.29. The second kappa shape index (κ2) is 9.19. The summed E-state index contributed by atoms with van der Waals surface area (Å²) >= 11 is 10.3. The summed E-state index contributed by atoms with van der Waals surface area (Å²) < 4.78 is 7.75. The van der Waals surface area contributed by atoms with Crippen LogP contribution in [-0.2, 0) is 4.79 Å². The van der Waals surface area contributed by atoms with Gasteiger partial charge >= 0.3 is 0 Å². The molecule has 0 radical (unpaired) electrons. The molecule has 1 amide bonds. The number of nitrogens with one attached hydrogen (secondary N) is 2. The van der Waals surface area contributed by atoms with Crippen molar-refractivity contribution in [2.75, 3.05) is 19.0 Å².